The van der Waals surface area contributed by atoms with E-state index in [1.807, 2.05) is 6.07 Å². The van der Waals surface area contributed by atoms with Crippen LogP contribution in [0.4, 0.5) is 0 Å². The minimum Gasteiger partial charge on any atom is -0.478 e. The second-order valence-electron chi connectivity index (χ2n) is 5.86. The van der Waals surface area contributed by atoms with Gasteiger partial charge in [0.15, 0.2) is 0 Å². The van der Waals surface area contributed by atoms with E-state index >= 15 is 0 Å². The Bertz CT molecular complexity index is 460. The van der Waals surface area contributed by atoms with Crippen LogP contribution in [-0.2, 0) is 0 Å². The zero-order chi connectivity index (χ0) is 12.8. The van der Waals surface area contributed by atoms with Crippen LogP contribution in [0.15, 0.2) is 18.2 Å². The maximum Gasteiger partial charge on any atom is 0.335 e. The van der Waals surface area contributed by atoms with Crippen molar-refractivity contribution in [2.45, 2.75) is 33.1 Å². The lowest BCUT2D eigenvalue weighted by Crippen LogP contribution is -2.09. The summed E-state index contributed by atoms with van der Waals surface area (Å²) < 4.78 is 0. The van der Waals surface area contributed by atoms with Gasteiger partial charge < -0.3 is 5.11 Å². The molecule has 0 spiro atoms. The third-order valence-corrected chi connectivity index (χ3v) is 3.88. The molecule has 0 radical (unpaired) electrons. The van der Waals surface area contributed by atoms with Gasteiger partial charge in [0.2, 0.25) is 0 Å². The number of carboxylic acid groups (broad SMARTS) is 1. The fourth-order valence-electron chi connectivity index (χ4n) is 2.46. The number of aromatic carboxylic acids is 1. The summed E-state index contributed by atoms with van der Waals surface area (Å²) >= 11 is 6.16. The first-order chi connectivity index (χ1) is 7.80. The minimum absolute atomic E-state index is 0.256. The van der Waals surface area contributed by atoms with Crippen LogP contribution in [0.2, 0.25) is 5.02 Å². The molecule has 2 atom stereocenters. The zero-order valence-electron chi connectivity index (χ0n) is 10.3. The van der Waals surface area contributed by atoms with E-state index in [-0.39, 0.29) is 5.56 Å². The third kappa shape index (κ3) is 2.47. The van der Waals surface area contributed by atoms with Gasteiger partial charge in [-0.05, 0) is 41.4 Å². The molecule has 0 aromatic heterocycles. The van der Waals surface area contributed by atoms with Gasteiger partial charge >= 0.3 is 5.97 Å². The number of carboxylic acids is 1. The van der Waals surface area contributed by atoms with Crippen molar-refractivity contribution in [3.63, 3.8) is 0 Å². The lowest BCUT2D eigenvalue weighted by molar-refractivity contribution is 0.0697. The Morgan fingerprint density at radius 2 is 2.06 bits per heavy atom. The molecule has 17 heavy (non-hydrogen) atoms. The van der Waals surface area contributed by atoms with Crippen LogP contribution in [0.25, 0.3) is 0 Å². The van der Waals surface area contributed by atoms with Gasteiger partial charge in [0, 0.05) is 5.02 Å². The van der Waals surface area contributed by atoms with E-state index in [1.54, 1.807) is 12.1 Å². The Labute approximate surface area is 107 Å². The largest absolute Gasteiger partial charge is 0.478 e. The number of halogens is 1. The topological polar surface area (TPSA) is 37.3 Å². The van der Waals surface area contributed by atoms with Crippen LogP contribution in [0, 0.1) is 11.3 Å². The molecule has 2 rings (SSSR count). The molecule has 0 bridgehead atoms. The molecule has 1 aromatic rings. The molecular weight excluding hydrogens is 236 g/mol. The van der Waals surface area contributed by atoms with Gasteiger partial charge in [-0.2, -0.15) is 0 Å². The van der Waals surface area contributed by atoms with Crippen molar-refractivity contribution >= 4 is 17.6 Å². The molecule has 3 heteroatoms. The molecule has 0 heterocycles. The average Bonchev–Trinajstić information content (AvgIpc) is 2.96. The lowest BCUT2D eigenvalue weighted by Gasteiger charge is -2.18. The SMILES string of the molecule is CC(C)(C)C1C[C@H]1c1ccc(C(=O)O)cc1Cl. The molecule has 1 aliphatic carbocycles. The molecule has 1 aliphatic rings. The molecule has 0 saturated heterocycles. The summed E-state index contributed by atoms with van der Waals surface area (Å²) in [6.07, 6.45) is 1.15. The maximum absolute atomic E-state index is 10.8. The highest BCUT2D eigenvalue weighted by molar-refractivity contribution is 6.31. The highest BCUT2D eigenvalue weighted by atomic mass is 35.5. The van der Waals surface area contributed by atoms with Gasteiger partial charge in [0.1, 0.15) is 0 Å². The Hall–Kier alpha value is -1.02. The average molecular weight is 253 g/mol. The van der Waals surface area contributed by atoms with Gasteiger partial charge in [-0.25, -0.2) is 4.79 Å². The van der Waals surface area contributed by atoms with Crippen molar-refractivity contribution in [2.24, 2.45) is 11.3 Å². The van der Waals surface area contributed by atoms with Crippen molar-refractivity contribution in [2.75, 3.05) is 0 Å². The summed E-state index contributed by atoms with van der Waals surface area (Å²) in [5.74, 6) is 0.211. The number of hydrogen-bond acceptors (Lipinski definition) is 1. The van der Waals surface area contributed by atoms with Crippen molar-refractivity contribution in [1.29, 1.82) is 0 Å². The van der Waals surface area contributed by atoms with Gasteiger partial charge in [0.05, 0.1) is 5.56 Å². The van der Waals surface area contributed by atoms with E-state index in [9.17, 15) is 4.79 Å². The van der Waals surface area contributed by atoms with E-state index in [1.165, 1.54) is 0 Å². The molecule has 1 N–H and O–H groups in total. The minimum atomic E-state index is -0.929. The monoisotopic (exact) mass is 252 g/mol. The van der Waals surface area contributed by atoms with E-state index in [0.29, 0.717) is 22.3 Å². The zero-order valence-corrected chi connectivity index (χ0v) is 11.1. The van der Waals surface area contributed by atoms with Crippen LogP contribution in [0.3, 0.4) is 0 Å². The molecule has 1 saturated carbocycles. The second kappa shape index (κ2) is 4.02. The molecule has 0 amide bonds. The van der Waals surface area contributed by atoms with Gasteiger partial charge in [-0.3, -0.25) is 0 Å². The summed E-state index contributed by atoms with van der Waals surface area (Å²) in [7, 11) is 0. The number of carbonyl (C=O) groups is 1. The van der Waals surface area contributed by atoms with Gasteiger partial charge in [-0.1, -0.05) is 38.4 Å². The van der Waals surface area contributed by atoms with E-state index in [4.69, 9.17) is 16.7 Å². The fraction of sp³-hybridized carbons (Fsp3) is 0.500. The molecule has 0 aliphatic heterocycles. The highest BCUT2D eigenvalue weighted by Crippen LogP contribution is 2.57. The first-order valence-electron chi connectivity index (χ1n) is 5.83. The second-order valence-corrected chi connectivity index (χ2v) is 6.26. The van der Waals surface area contributed by atoms with E-state index in [2.05, 4.69) is 20.8 Å². The third-order valence-electron chi connectivity index (χ3n) is 3.55. The summed E-state index contributed by atoms with van der Waals surface area (Å²) in [6.45, 7) is 6.70. The number of hydrogen-bond donors (Lipinski definition) is 1. The first kappa shape index (κ1) is 12.4. The van der Waals surface area contributed by atoms with E-state index in [0.717, 1.165) is 12.0 Å². The Morgan fingerprint density at radius 3 is 2.47 bits per heavy atom. The summed E-state index contributed by atoms with van der Waals surface area (Å²) in [5, 5.41) is 9.46. The molecule has 1 aromatic carbocycles. The number of benzene rings is 1. The predicted molar refractivity (Wildman–Crippen MR) is 68.7 cm³/mol. The molecule has 1 unspecified atom stereocenters. The fourth-order valence-corrected chi connectivity index (χ4v) is 2.78. The summed E-state index contributed by atoms with van der Waals surface area (Å²) in [5.41, 5.74) is 1.64. The normalized spacial score (nSPS) is 23.5. The van der Waals surface area contributed by atoms with Crippen LogP contribution >= 0.6 is 11.6 Å². The van der Waals surface area contributed by atoms with Crippen molar-refractivity contribution < 1.29 is 9.90 Å². The van der Waals surface area contributed by atoms with Crippen LogP contribution < -0.4 is 0 Å². The smallest absolute Gasteiger partial charge is 0.335 e. The summed E-state index contributed by atoms with van der Waals surface area (Å²) in [6, 6.07) is 5.06. The summed E-state index contributed by atoms with van der Waals surface area (Å²) in [4.78, 5) is 10.8. The van der Waals surface area contributed by atoms with Crippen LogP contribution in [0.1, 0.15) is 49.0 Å². The van der Waals surface area contributed by atoms with Gasteiger partial charge in [-0.15, -0.1) is 0 Å². The van der Waals surface area contributed by atoms with Gasteiger partial charge in [0.25, 0.3) is 0 Å². The Morgan fingerprint density at radius 1 is 1.41 bits per heavy atom. The van der Waals surface area contributed by atoms with Crippen molar-refractivity contribution in [1.82, 2.24) is 0 Å². The molecule has 1 fully saturated rings. The van der Waals surface area contributed by atoms with Crippen LogP contribution in [-0.4, -0.2) is 11.1 Å². The van der Waals surface area contributed by atoms with Crippen LogP contribution in [0.5, 0.6) is 0 Å². The molecular formula is C14H17ClO2. The first-order valence-corrected chi connectivity index (χ1v) is 6.21. The lowest BCUT2D eigenvalue weighted by atomic mass is 9.87. The van der Waals surface area contributed by atoms with Crippen molar-refractivity contribution in [3.05, 3.63) is 34.3 Å². The Kier molecular flexibility index (Phi) is 2.94. The predicted octanol–water partition coefficient (Wildman–Crippen LogP) is 4.19. The van der Waals surface area contributed by atoms with Crippen molar-refractivity contribution in [3.8, 4) is 0 Å². The van der Waals surface area contributed by atoms with E-state index < -0.39 is 5.97 Å². The maximum atomic E-state index is 10.8. The molecule has 2 nitrogen and oxygen atoms in total. The quantitative estimate of drug-likeness (QED) is 0.857. The molecule has 92 valence electrons. The highest BCUT2D eigenvalue weighted by Gasteiger charge is 2.46. The standard InChI is InChI=1S/C14H17ClO2/c1-14(2,3)11-7-10(11)9-5-4-8(13(16)17)6-12(9)15/h4-6,10-11H,7H2,1-3H3,(H,16,17)/t10-,11?/m0/s1. The Balaban J connectivity index is 2.22. The number of rotatable bonds is 2.